The van der Waals surface area contributed by atoms with Crippen LogP contribution in [0.4, 0.5) is 0 Å². The summed E-state index contributed by atoms with van der Waals surface area (Å²) in [6.45, 7) is 2.31. The highest BCUT2D eigenvalue weighted by atomic mass is 32.2. The van der Waals surface area contributed by atoms with Crippen molar-refractivity contribution in [3.05, 3.63) is 54.1 Å². The highest BCUT2D eigenvalue weighted by molar-refractivity contribution is 8.14. The Morgan fingerprint density at radius 1 is 1.11 bits per heavy atom. The number of nitrogens with zero attached hydrogens (tertiary/aromatic N) is 4. The first-order chi connectivity index (χ1) is 13.4. The first-order valence-corrected chi connectivity index (χ1v) is 11.4. The van der Waals surface area contributed by atoms with Crippen LogP contribution in [-0.2, 0) is 0 Å². The van der Waals surface area contributed by atoms with E-state index in [1.807, 2.05) is 24.0 Å². The molecule has 1 aliphatic carbocycles. The van der Waals surface area contributed by atoms with Crippen LogP contribution in [0.5, 0.6) is 0 Å². The van der Waals surface area contributed by atoms with Crippen LogP contribution in [0.1, 0.15) is 75.0 Å². The van der Waals surface area contributed by atoms with E-state index in [0.29, 0.717) is 12.1 Å². The summed E-state index contributed by atoms with van der Waals surface area (Å²) in [7, 11) is 0. The molecule has 142 valence electrons. The molecule has 0 amide bonds. The van der Waals surface area contributed by atoms with Gasteiger partial charge in [0.25, 0.3) is 0 Å². The number of aromatic nitrogens is 2. The van der Waals surface area contributed by atoms with Crippen LogP contribution in [0, 0.1) is 0 Å². The molecule has 2 fully saturated rings. The van der Waals surface area contributed by atoms with Gasteiger partial charge in [-0.15, -0.1) is 0 Å². The molecule has 5 heteroatoms. The van der Waals surface area contributed by atoms with E-state index in [1.165, 1.54) is 49.4 Å². The molecule has 2 aliphatic heterocycles. The van der Waals surface area contributed by atoms with Crippen molar-refractivity contribution in [1.29, 1.82) is 0 Å². The van der Waals surface area contributed by atoms with E-state index in [-0.39, 0.29) is 12.1 Å². The van der Waals surface area contributed by atoms with Crippen molar-refractivity contribution in [3.8, 4) is 0 Å². The Balaban J connectivity index is 1.56. The minimum absolute atomic E-state index is 0.0975. The molecule has 0 unspecified atom stereocenters. The number of hydrogen-bond acceptors (Lipinski definition) is 4. The van der Waals surface area contributed by atoms with Crippen LogP contribution in [-0.4, -0.2) is 31.4 Å². The molecule has 0 bridgehead atoms. The summed E-state index contributed by atoms with van der Waals surface area (Å²) in [6.07, 6.45) is 12.1. The zero-order valence-corrected chi connectivity index (χ0v) is 16.8. The van der Waals surface area contributed by atoms with E-state index >= 15 is 0 Å². The van der Waals surface area contributed by atoms with Gasteiger partial charge in [-0.05, 0) is 43.5 Å². The fourth-order valence-corrected chi connectivity index (χ4v) is 6.36. The second-order valence-electron chi connectivity index (χ2n) is 7.97. The van der Waals surface area contributed by atoms with Crippen LogP contribution in [0.15, 0.2) is 47.7 Å². The molecule has 2 aromatic heterocycles. The van der Waals surface area contributed by atoms with Crippen molar-refractivity contribution in [2.24, 2.45) is 4.99 Å². The van der Waals surface area contributed by atoms with Crippen LogP contribution in [0.3, 0.4) is 0 Å². The SMILES string of the molecule is CC[C@@H]1CSC2=N[C@H](c3ccccn3)[C@@H](c3cccn3C3CCCCC3)N21. The minimum atomic E-state index is 0.0975. The number of aliphatic imine (C=N–C) groups is 1. The van der Waals surface area contributed by atoms with E-state index in [2.05, 4.69) is 51.8 Å². The highest BCUT2D eigenvalue weighted by Crippen LogP contribution is 2.49. The van der Waals surface area contributed by atoms with E-state index in [4.69, 9.17) is 4.99 Å². The van der Waals surface area contributed by atoms with Crippen LogP contribution in [0.2, 0.25) is 0 Å². The number of amidine groups is 1. The predicted molar refractivity (Wildman–Crippen MR) is 112 cm³/mol. The first-order valence-electron chi connectivity index (χ1n) is 10.4. The summed E-state index contributed by atoms with van der Waals surface area (Å²) in [4.78, 5) is 12.5. The Bertz CT molecular complexity index is 809. The molecule has 3 atom stereocenters. The molecule has 0 N–H and O–H groups in total. The Hall–Kier alpha value is -1.75. The summed E-state index contributed by atoms with van der Waals surface area (Å²) in [5.41, 5.74) is 2.52. The molecule has 2 aromatic rings. The van der Waals surface area contributed by atoms with Crippen molar-refractivity contribution >= 4 is 16.9 Å². The van der Waals surface area contributed by atoms with E-state index in [1.54, 1.807) is 0 Å². The summed E-state index contributed by atoms with van der Waals surface area (Å²) in [5.74, 6) is 1.16. The first kappa shape index (κ1) is 17.4. The molecule has 1 saturated carbocycles. The Labute approximate surface area is 166 Å². The molecule has 0 radical (unpaired) electrons. The van der Waals surface area contributed by atoms with Gasteiger partial charge in [-0.25, -0.2) is 0 Å². The lowest BCUT2D eigenvalue weighted by Crippen LogP contribution is -2.36. The maximum absolute atomic E-state index is 5.17. The van der Waals surface area contributed by atoms with E-state index in [9.17, 15) is 0 Å². The van der Waals surface area contributed by atoms with Crippen molar-refractivity contribution in [1.82, 2.24) is 14.5 Å². The smallest absolute Gasteiger partial charge is 0.160 e. The molecular weight excluding hydrogens is 352 g/mol. The zero-order valence-electron chi connectivity index (χ0n) is 16.0. The van der Waals surface area contributed by atoms with Crippen LogP contribution < -0.4 is 0 Å². The fourth-order valence-electron chi connectivity index (χ4n) is 5.02. The number of fused-ring (bicyclic) bond motifs is 1. The minimum Gasteiger partial charge on any atom is -0.346 e. The zero-order chi connectivity index (χ0) is 18.2. The van der Waals surface area contributed by atoms with Gasteiger partial charge in [0.15, 0.2) is 5.17 Å². The van der Waals surface area contributed by atoms with Crippen molar-refractivity contribution in [2.75, 3.05) is 5.75 Å². The number of thioether (sulfide) groups is 1. The largest absolute Gasteiger partial charge is 0.346 e. The van der Waals surface area contributed by atoms with Crippen LogP contribution >= 0.6 is 11.8 Å². The number of rotatable bonds is 4. The second kappa shape index (κ2) is 7.34. The third-order valence-corrected chi connectivity index (χ3v) is 7.54. The standard InChI is InChI=1S/C22H28N4S/c1-2-16-15-27-22-24-20(18-11-6-7-13-23-18)21(26(16)22)19-12-8-14-25(19)17-9-4-3-5-10-17/h6-8,11-14,16-17,20-21H,2-5,9-10,15H2,1H3/t16-,20-,21-/m1/s1. The molecule has 1 saturated heterocycles. The van der Waals surface area contributed by atoms with Crippen molar-refractivity contribution in [3.63, 3.8) is 0 Å². The summed E-state index contributed by atoms with van der Waals surface area (Å²) in [6, 6.07) is 12.4. The molecule has 0 aromatic carbocycles. The number of pyridine rings is 1. The topological polar surface area (TPSA) is 33.4 Å². The van der Waals surface area contributed by atoms with Gasteiger partial charge in [-0.1, -0.05) is 44.0 Å². The van der Waals surface area contributed by atoms with E-state index < -0.39 is 0 Å². The quantitative estimate of drug-likeness (QED) is 0.715. The second-order valence-corrected chi connectivity index (χ2v) is 8.96. The molecule has 3 aliphatic rings. The fraction of sp³-hybridized carbons (Fsp3) is 0.545. The molecule has 4 nitrogen and oxygen atoms in total. The maximum Gasteiger partial charge on any atom is 0.160 e. The third kappa shape index (κ3) is 3.00. The van der Waals surface area contributed by atoms with Crippen molar-refractivity contribution < 1.29 is 0 Å². The van der Waals surface area contributed by atoms with E-state index in [0.717, 1.165) is 11.4 Å². The molecule has 0 spiro atoms. The van der Waals surface area contributed by atoms with Gasteiger partial charge in [-0.2, -0.15) is 0 Å². The van der Waals surface area contributed by atoms with Gasteiger partial charge >= 0.3 is 0 Å². The molecule has 4 heterocycles. The highest BCUT2D eigenvalue weighted by Gasteiger charge is 2.46. The Kier molecular flexibility index (Phi) is 4.72. The molecule has 5 rings (SSSR count). The molecule has 27 heavy (non-hydrogen) atoms. The monoisotopic (exact) mass is 380 g/mol. The predicted octanol–water partition coefficient (Wildman–Crippen LogP) is 5.37. The van der Waals surface area contributed by atoms with Gasteiger partial charge in [-0.3, -0.25) is 9.98 Å². The van der Waals surface area contributed by atoms with Crippen LogP contribution in [0.25, 0.3) is 0 Å². The molecular formula is C22H28N4S. The Morgan fingerprint density at radius 2 is 2.00 bits per heavy atom. The normalized spacial score (nSPS) is 28.4. The van der Waals surface area contributed by atoms with Gasteiger partial charge in [0.1, 0.15) is 6.04 Å². The van der Waals surface area contributed by atoms with Gasteiger partial charge in [0.05, 0.1) is 11.7 Å². The lowest BCUT2D eigenvalue weighted by Gasteiger charge is -2.34. The summed E-state index contributed by atoms with van der Waals surface area (Å²) in [5, 5.41) is 1.22. The Morgan fingerprint density at radius 3 is 2.78 bits per heavy atom. The van der Waals surface area contributed by atoms with Crippen molar-refractivity contribution in [2.45, 2.75) is 69.6 Å². The third-order valence-electron chi connectivity index (χ3n) is 6.41. The lowest BCUT2D eigenvalue weighted by atomic mass is 9.94. The van der Waals surface area contributed by atoms with Gasteiger partial charge < -0.3 is 9.47 Å². The summed E-state index contributed by atoms with van der Waals surface area (Å²) < 4.78 is 2.58. The number of hydrogen-bond donors (Lipinski definition) is 0. The maximum atomic E-state index is 5.17. The van der Waals surface area contributed by atoms with Gasteiger partial charge in [0, 0.05) is 35.9 Å². The average molecular weight is 381 g/mol. The lowest BCUT2D eigenvalue weighted by molar-refractivity contribution is 0.235. The van der Waals surface area contributed by atoms with Gasteiger partial charge in [0.2, 0.25) is 0 Å². The summed E-state index contributed by atoms with van der Waals surface area (Å²) >= 11 is 1.93. The average Bonchev–Trinajstić information content (AvgIpc) is 3.44.